The first-order valence-electron chi connectivity index (χ1n) is 4.94. The summed E-state index contributed by atoms with van der Waals surface area (Å²) in [6.45, 7) is 3.72. The number of halogens is 2. The molecule has 0 heterocycles. The molecule has 16 heavy (non-hydrogen) atoms. The molecule has 1 unspecified atom stereocenters. The molecule has 1 rings (SSSR count). The van der Waals surface area contributed by atoms with Gasteiger partial charge in [0.15, 0.2) is 0 Å². The van der Waals surface area contributed by atoms with Crippen LogP contribution in [-0.4, -0.2) is 17.1 Å². The van der Waals surface area contributed by atoms with Crippen LogP contribution in [0.4, 0.5) is 14.5 Å². The number of anilines is 1. The molecule has 0 saturated carbocycles. The van der Waals surface area contributed by atoms with Crippen LogP contribution in [0.1, 0.15) is 30.6 Å². The van der Waals surface area contributed by atoms with Crippen LogP contribution in [0.5, 0.6) is 0 Å². The fourth-order valence-electron chi connectivity index (χ4n) is 1.19. The van der Waals surface area contributed by atoms with E-state index < -0.39 is 23.2 Å². The van der Waals surface area contributed by atoms with E-state index in [0.29, 0.717) is 6.07 Å². The summed E-state index contributed by atoms with van der Waals surface area (Å²) in [5.74, 6) is -3.27. The quantitative estimate of drug-likeness (QED) is 0.834. The topological polar surface area (TPSA) is 49.3 Å². The van der Waals surface area contributed by atoms with Crippen LogP contribution in [0.3, 0.4) is 0 Å². The molecule has 0 aliphatic heterocycles. The first kappa shape index (κ1) is 12.4. The lowest BCUT2D eigenvalue weighted by Gasteiger charge is -2.14. The van der Waals surface area contributed by atoms with Gasteiger partial charge in [-0.1, -0.05) is 6.92 Å². The lowest BCUT2D eigenvalue weighted by atomic mass is 10.1. The van der Waals surface area contributed by atoms with Gasteiger partial charge in [-0.05, 0) is 19.4 Å². The Morgan fingerprint density at radius 3 is 2.56 bits per heavy atom. The number of benzene rings is 1. The van der Waals surface area contributed by atoms with Crippen LogP contribution in [-0.2, 0) is 0 Å². The van der Waals surface area contributed by atoms with Gasteiger partial charge in [-0.25, -0.2) is 13.6 Å². The van der Waals surface area contributed by atoms with E-state index in [1.54, 1.807) is 0 Å². The molecule has 5 heteroatoms. The van der Waals surface area contributed by atoms with Gasteiger partial charge in [-0.15, -0.1) is 0 Å². The molecule has 0 amide bonds. The highest BCUT2D eigenvalue weighted by atomic mass is 19.1. The maximum absolute atomic E-state index is 13.3. The number of hydrogen-bond donors (Lipinski definition) is 2. The van der Waals surface area contributed by atoms with Crippen molar-refractivity contribution in [1.82, 2.24) is 0 Å². The van der Waals surface area contributed by atoms with Crippen molar-refractivity contribution in [3.05, 3.63) is 29.3 Å². The minimum absolute atomic E-state index is 0.00755. The second-order valence-corrected chi connectivity index (χ2v) is 3.57. The number of carboxylic acid groups (broad SMARTS) is 1. The second-order valence-electron chi connectivity index (χ2n) is 3.57. The van der Waals surface area contributed by atoms with Crippen LogP contribution >= 0.6 is 0 Å². The normalized spacial score (nSPS) is 12.2. The molecule has 88 valence electrons. The number of rotatable bonds is 4. The summed E-state index contributed by atoms with van der Waals surface area (Å²) in [7, 11) is 0. The van der Waals surface area contributed by atoms with Gasteiger partial charge in [0.1, 0.15) is 11.6 Å². The molecular weight excluding hydrogens is 216 g/mol. The fraction of sp³-hybridized carbons (Fsp3) is 0.364. The molecule has 1 atom stereocenters. The molecule has 1 aromatic carbocycles. The predicted octanol–water partition coefficient (Wildman–Crippen LogP) is 2.87. The minimum Gasteiger partial charge on any atom is -0.478 e. The Hall–Kier alpha value is -1.65. The van der Waals surface area contributed by atoms with E-state index >= 15 is 0 Å². The van der Waals surface area contributed by atoms with Gasteiger partial charge < -0.3 is 10.4 Å². The summed E-state index contributed by atoms with van der Waals surface area (Å²) in [5, 5.41) is 11.5. The van der Waals surface area contributed by atoms with Gasteiger partial charge in [0, 0.05) is 12.1 Å². The maximum Gasteiger partial charge on any atom is 0.338 e. The zero-order valence-corrected chi connectivity index (χ0v) is 9.05. The van der Waals surface area contributed by atoms with Crippen molar-refractivity contribution in [1.29, 1.82) is 0 Å². The SMILES string of the molecule is CCC(C)Nc1cc(C(=O)O)c(F)cc1F. The van der Waals surface area contributed by atoms with E-state index in [-0.39, 0.29) is 11.7 Å². The fourth-order valence-corrected chi connectivity index (χ4v) is 1.19. The Balaban J connectivity index is 3.09. The van der Waals surface area contributed by atoms with Gasteiger partial charge >= 0.3 is 5.97 Å². The van der Waals surface area contributed by atoms with Gasteiger partial charge in [0.25, 0.3) is 0 Å². The van der Waals surface area contributed by atoms with Crippen LogP contribution in [0, 0.1) is 11.6 Å². The smallest absolute Gasteiger partial charge is 0.338 e. The molecule has 3 nitrogen and oxygen atoms in total. The van der Waals surface area contributed by atoms with Crippen molar-refractivity contribution in [2.24, 2.45) is 0 Å². The van der Waals surface area contributed by atoms with Crippen molar-refractivity contribution >= 4 is 11.7 Å². The Labute approximate surface area is 92.1 Å². The summed E-state index contributed by atoms with van der Waals surface area (Å²) < 4.78 is 26.3. The molecule has 0 radical (unpaired) electrons. The van der Waals surface area contributed by atoms with Crippen molar-refractivity contribution in [2.75, 3.05) is 5.32 Å². The minimum atomic E-state index is -1.41. The summed E-state index contributed by atoms with van der Waals surface area (Å²) in [4.78, 5) is 10.7. The molecule has 0 fully saturated rings. The van der Waals surface area contributed by atoms with Crippen LogP contribution in [0.25, 0.3) is 0 Å². The highest BCUT2D eigenvalue weighted by Crippen LogP contribution is 2.20. The third-order valence-electron chi connectivity index (χ3n) is 2.30. The standard InChI is InChI=1S/C11H13F2NO2/c1-3-6(2)14-10-4-7(11(15)16)8(12)5-9(10)13/h4-6,14H,3H2,1-2H3,(H,15,16). The van der Waals surface area contributed by atoms with E-state index in [1.165, 1.54) is 0 Å². The van der Waals surface area contributed by atoms with Crippen LogP contribution in [0.15, 0.2) is 12.1 Å². The number of hydrogen-bond acceptors (Lipinski definition) is 2. The van der Waals surface area contributed by atoms with Crippen LogP contribution in [0.2, 0.25) is 0 Å². The lowest BCUT2D eigenvalue weighted by Crippen LogP contribution is -2.15. The third-order valence-corrected chi connectivity index (χ3v) is 2.30. The monoisotopic (exact) mass is 229 g/mol. The summed E-state index contributed by atoms with van der Waals surface area (Å²) in [5.41, 5.74) is -0.527. The summed E-state index contributed by atoms with van der Waals surface area (Å²) >= 11 is 0. The summed E-state index contributed by atoms with van der Waals surface area (Å²) in [6.07, 6.45) is 0.749. The molecule has 0 aliphatic rings. The Morgan fingerprint density at radius 1 is 1.44 bits per heavy atom. The average molecular weight is 229 g/mol. The molecule has 0 aliphatic carbocycles. The van der Waals surface area contributed by atoms with E-state index in [0.717, 1.165) is 12.5 Å². The van der Waals surface area contributed by atoms with Gasteiger partial charge in [-0.3, -0.25) is 0 Å². The highest BCUT2D eigenvalue weighted by molar-refractivity contribution is 5.89. The number of carbonyl (C=O) groups is 1. The zero-order chi connectivity index (χ0) is 12.3. The molecule has 0 spiro atoms. The number of aromatic carboxylic acids is 1. The average Bonchev–Trinajstić information content (AvgIpc) is 2.21. The predicted molar refractivity (Wildman–Crippen MR) is 56.7 cm³/mol. The van der Waals surface area contributed by atoms with Crippen molar-refractivity contribution in [2.45, 2.75) is 26.3 Å². The Kier molecular flexibility index (Phi) is 3.82. The highest BCUT2D eigenvalue weighted by Gasteiger charge is 2.15. The van der Waals surface area contributed by atoms with Crippen molar-refractivity contribution in [3.63, 3.8) is 0 Å². The lowest BCUT2D eigenvalue weighted by molar-refractivity contribution is 0.0692. The van der Waals surface area contributed by atoms with Gasteiger partial charge in [0.2, 0.25) is 0 Å². The van der Waals surface area contributed by atoms with E-state index in [1.807, 2.05) is 13.8 Å². The van der Waals surface area contributed by atoms with E-state index in [9.17, 15) is 13.6 Å². The number of carboxylic acids is 1. The third kappa shape index (κ3) is 2.68. The first-order valence-corrected chi connectivity index (χ1v) is 4.94. The van der Waals surface area contributed by atoms with E-state index in [4.69, 9.17) is 5.11 Å². The zero-order valence-electron chi connectivity index (χ0n) is 9.05. The molecule has 0 bridgehead atoms. The molecule has 2 N–H and O–H groups in total. The molecule has 0 aromatic heterocycles. The largest absolute Gasteiger partial charge is 0.478 e. The maximum atomic E-state index is 13.3. The Bertz CT molecular complexity index is 407. The number of nitrogens with one attached hydrogen (secondary N) is 1. The summed E-state index contributed by atoms with van der Waals surface area (Å²) in [6, 6.07) is 1.54. The molecule has 1 aromatic rings. The molecular formula is C11H13F2NO2. The van der Waals surface area contributed by atoms with Gasteiger partial charge in [-0.2, -0.15) is 0 Å². The van der Waals surface area contributed by atoms with Gasteiger partial charge in [0.05, 0.1) is 11.3 Å². The Morgan fingerprint density at radius 2 is 2.06 bits per heavy atom. The van der Waals surface area contributed by atoms with Crippen molar-refractivity contribution in [3.8, 4) is 0 Å². The second kappa shape index (κ2) is 4.92. The van der Waals surface area contributed by atoms with Crippen LogP contribution < -0.4 is 5.32 Å². The molecule has 0 saturated heterocycles. The van der Waals surface area contributed by atoms with E-state index in [2.05, 4.69) is 5.32 Å². The first-order chi connectivity index (χ1) is 7.45. The van der Waals surface area contributed by atoms with Crippen molar-refractivity contribution < 1.29 is 18.7 Å².